The van der Waals surface area contributed by atoms with Gasteiger partial charge in [-0.15, -0.1) is 12.3 Å². The maximum atomic E-state index is 5.71. The lowest BCUT2D eigenvalue weighted by Gasteiger charge is -2.04. The average Bonchev–Trinajstić information content (AvgIpc) is 2.66. The van der Waals surface area contributed by atoms with Crippen molar-refractivity contribution in [2.75, 3.05) is 7.11 Å². The van der Waals surface area contributed by atoms with Crippen LogP contribution in [0.3, 0.4) is 0 Å². The Bertz CT molecular complexity index is 343. The molecule has 2 atom stereocenters. The Morgan fingerprint density at radius 2 is 2.40 bits per heavy atom. The average molecular weight is 209 g/mol. The van der Waals surface area contributed by atoms with Crippen LogP contribution < -0.4 is 5.73 Å². The quantitative estimate of drug-likeness (QED) is 0.721. The molecule has 2 N–H and O–H groups in total. The topological polar surface area (TPSA) is 74.2 Å². The Morgan fingerprint density at radius 3 is 3.00 bits per heavy atom. The number of ether oxygens (including phenoxy) is 1. The van der Waals surface area contributed by atoms with Gasteiger partial charge in [-0.1, -0.05) is 5.16 Å². The standard InChI is InChI=1S/C10H15N3O2/c1-4-5-8(11)10-12-9(13-15-10)6-7(2)14-3/h1,7-8H,5-6,11H2,2-3H3. The summed E-state index contributed by atoms with van der Waals surface area (Å²) in [5.41, 5.74) is 5.71. The van der Waals surface area contributed by atoms with Gasteiger partial charge in [-0.05, 0) is 6.92 Å². The summed E-state index contributed by atoms with van der Waals surface area (Å²) in [5.74, 6) is 3.42. The largest absolute Gasteiger partial charge is 0.381 e. The minimum Gasteiger partial charge on any atom is -0.381 e. The smallest absolute Gasteiger partial charge is 0.244 e. The van der Waals surface area contributed by atoms with Crippen molar-refractivity contribution in [3.63, 3.8) is 0 Å². The Hall–Kier alpha value is -1.38. The Morgan fingerprint density at radius 1 is 1.67 bits per heavy atom. The number of terminal acetylenes is 1. The fourth-order valence-corrected chi connectivity index (χ4v) is 1.06. The van der Waals surface area contributed by atoms with Gasteiger partial charge in [-0.25, -0.2) is 0 Å². The number of hydrogen-bond acceptors (Lipinski definition) is 5. The molecule has 1 aromatic rings. The van der Waals surface area contributed by atoms with E-state index in [0.29, 0.717) is 24.6 Å². The highest BCUT2D eigenvalue weighted by atomic mass is 16.5. The van der Waals surface area contributed by atoms with Gasteiger partial charge >= 0.3 is 0 Å². The van der Waals surface area contributed by atoms with Gasteiger partial charge in [0.15, 0.2) is 5.82 Å². The molecule has 0 bridgehead atoms. The highest BCUT2D eigenvalue weighted by Gasteiger charge is 2.14. The molecule has 0 saturated heterocycles. The number of nitrogens with two attached hydrogens (primary N) is 1. The highest BCUT2D eigenvalue weighted by Crippen LogP contribution is 2.11. The lowest BCUT2D eigenvalue weighted by Crippen LogP contribution is -2.11. The van der Waals surface area contributed by atoms with Crippen molar-refractivity contribution < 1.29 is 9.26 Å². The van der Waals surface area contributed by atoms with Gasteiger partial charge in [0, 0.05) is 20.0 Å². The molecule has 0 fully saturated rings. The van der Waals surface area contributed by atoms with Gasteiger partial charge in [0.2, 0.25) is 5.89 Å². The van der Waals surface area contributed by atoms with Gasteiger partial charge < -0.3 is 15.0 Å². The molecule has 5 nitrogen and oxygen atoms in total. The summed E-state index contributed by atoms with van der Waals surface area (Å²) in [5, 5.41) is 3.79. The lowest BCUT2D eigenvalue weighted by atomic mass is 10.2. The van der Waals surface area contributed by atoms with Crippen LogP contribution in [-0.2, 0) is 11.2 Å². The van der Waals surface area contributed by atoms with E-state index in [1.807, 2.05) is 6.92 Å². The second-order valence-electron chi connectivity index (χ2n) is 3.31. The zero-order chi connectivity index (χ0) is 11.3. The zero-order valence-electron chi connectivity index (χ0n) is 8.93. The zero-order valence-corrected chi connectivity index (χ0v) is 8.93. The third-order valence-electron chi connectivity index (χ3n) is 2.01. The first-order valence-corrected chi connectivity index (χ1v) is 4.71. The fraction of sp³-hybridized carbons (Fsp3) is 0.600. The predicted molar refractivity (Wildman–Crippen MR) is 54.9 cm³/mol. The lowest BCUT2D eigenvalue weighted by molar-refractivity contribution is 0.116. The molecule has 1 rings (SSSR count). The number of hydrogen-bond donors (Lipinski definition) is 1. The van der Waals surface area contributed by atoms with Gasteiger partial charge in [-0.3, -0.25) is 0 Å². The normalized spacial score (nSPS) is 14.5. The van der Waals surface area contributed by atoms with E-state index in [0.717, 1.165) is 0 Å². The van der Waals surface area contributed by atoms with E-state index in [9.17, 15) is 0 Å². The molecule has 0 aliphatic heterocycles. The van der Waals surface area contributed by atoms with Gasteiger partial charge in [-0.2, -0.15) is 4.98 Å². The van der Waals surface area contributed by atoms with Gasteiger partial charge in [0.25, 0.3) is 0 Å². The Labute approximate surface area is 89.0 Å². The van der Waals surface area contributed by atoms with Crippen LogP contribution >= 0.6 is 0 Å². The van der Waals surface area contributed by atoms with E-state index in [1.165, 1.54) is 0 Å². The van der Waals surface area contributed by atoms with Crippen LogP contribution in [0.5, 0.6) is 0 Å². The van der Waals surface area contributed by atoms with Crippen molar-refractivity contribution >= 4 is 0 Å². The monoisotopic (exact) mass is 209 g/mol. The van der Waals surface area contributed by atoms with Gasteiger partial charge in [0.05, 0.1) is 12.1 Å². The molecule has 0 saturated carbocycles. The summed E-state index contributed by atoms with van der Waals surface area (Å²) < 4.78 is 10.1. The summed E-state index contributed by atoms with van der Waals surface area (Å²) >= 11 is 0. The van der Waals surface area contributed by atoms with Crippen LogP contribution in [0.1, 0.15) is 31.1 Å². The van der Waals surface area contributed by atoms with E-state index < -0.39 is 0 Å². The van der Waals surface area contributed by atoms with Crippen molar-refractivity contribution in [1.29, 1.82) is 0 Å². The number of nitrogens with zero attached hydrogens (tertiary/aromatic N) is 2. The molecule has 0 radical (unpaired) electrons. The molecule has 1 aromatic heterocycles. The summed E-state index contributed by atoms with van der Waals surface area (Å²) in [6.07, 6.45) is 6.18. The fourth-order valence-electron chi connectivity index (χ4n) is 1.06. The van der Waals surface area contributed by atoms with Crippen molar-refractivity contribution in [1.82, 2.24) is 10.1 Å². The summed E-state index contributed by atoms with van der Waals surface area (Å²) in [7, 11) is 1.63. The molecule has 2 unspecified atom stereocenters. The van der Waals surface area contributed by atoms with Crippen LogP contribution in [0.4, 0.5) is 0 Å². The van der Waals surface area contributed by atoms with E-state index in [1.54, 1.807) is 7.11 Å². The molecule has 82 valence electrons. The van der Waals surface area contributed by atoms with Crippen molar-refractivity contribution in [2.24, 2.45) is 5.73 Å². The van der Waals surface area contributed by atoms with E-state index >= 15 is 0 Å². The molecule has 1 heterocycles. The Kier molecular flexibility index (Phi) is 4.28. The first-order chi connectivity index (χ1) is 7.17. The first-order valence-electron chi connectivity index (χ1n) is 4.71. The molecule has 0 aliphatic rings. The second-order valence-corrected chi connectivity index (χ2v) is 3.31. The van der Waals surface area contributed by atoms with E-state index in [4.69, 9.17) is 21.4 Å². The number of aromatic nitrogens is 2. The van der Waals surface area contributed by atoms with Crippen LogP contribution in [0.25, 0.3) is 0 Å². The maximum absolute atomic E-state index is 5.71. The van der Waals surface area contributed by atoms with E-state index in [-0.39, 0.29) is 12.1 Å². The first kappa shape index (κ1) is 11.7. The minimum atomic E-state index is -0.380. The molecule has 15 heavy (non-hydrogen) atoms. The van der Waals surface area contributed by atoms with Crippen molar-refractivity contribution in [2.45, 2.75) is 31.9 Å². The molecule has 5 heteroatoms. The number of rotatable bonds is 5. The predicted octanol–water partition coefficient (Wildman–Crippen LogP) is 0.670. The summed E-state index contributed by atoms with van der Waals surface area (Å²) in [4.78, 5) is 4.14. The molecule has 0 spiro atoms. The highest BCUT2D eigenvalue weighted by molar-refractivity contribution is 4.98. The maximum Gasteiger partial charge on any atom is 0.244 e. The molecular weight excluding hydrogens is 194 g/mol. The van der Waals surface area contributed by atoms with Crippen LogP contribution in [-0.4, -0.2) is 23.4 Å². The third-order valence-corrected chi connectivity index (χ3v) is 2.01. The van der Waals surface area contributed by atoms with Crippen LogP contribution in [0, 0.1) is 12.3 Å². The number of methoxy groups -OCH3 is 1. The summed E-state index contributed by atoms with van der Waals surface area (Å²) in [6, 6.07) is -0.380. The van der Waals surface area contributed by atoms with Crippen LogP contribution in [0.2, 0.25) is 0 Å². The SMILES string of the molecule is C#CCC(N)c1nc(CC(C)OC)no1. The van der Waals surface area contributed by atoms with E-state index in [2.05, 4.69) is 16.1 Å². The molecule has 0 aliphatic carbocycles. The molecule has 0 amide bonds. The summed E-state index contributed by atoms with van der Waals surface area (Å²) in [6.45, 7) is 1.93. The Balaban J connectivity index is 2.60. The van der Waals surface area contributed by atoms with Crippen molar-refractivity contribution in [3.8, 4) is 12.3 Å². The second kappa shape index (κ2) is 5.49. The van der Waals surface area contributed by atoms with Gasteiger partial charge in [0.1, 0.15) is 0 Å². The van der Waals surface area contributed by atoms with Crippen molar-refractivity contribution in [3.05, 3.63) is 11.7 Å². The third kappa shape index (κ3) is 3.35. The molecular formula is C10H15N3O2. The van der Waals surface area contributed by atoms with Crippen LogP contribution in [0.15, 0.2) is 4.52 Å². The minimum absolute atomic E-state index is 0.0549. The molecule has 0 aromatic carbocycles.